The van der Waals surface area contributed by atoms with Crippen molar-refractivity contribution in [1.82, 2.24) is 5.32 Å². The van der Waals surface area contributed by atoms with E-state index in [1.54, 1.807) is 0 Å². The van der Waals surface area contributed by atoms with E-state index in [0.29, 0.717) is 23.8 Å². The third-order valence-corrected chi connectivity index (χ3v) is 5.37. The number of rotatable bonds is 5. The second-order valence-electron chi connectivity index (χ2n) is 6.83. The molecule has 2 aliphatic carbocycles. The first-order valence-electron chi connectivity index (χ1n) is 8.16. The van der Waals surface area contributed by atoms with Gasteiger partial charge in [0.25, 0.3) is 0 Å². The molecule has 0 saturated heterocycles. The summed E-state index contributed by atoms with van der Waals surface area (Å²) < 4.78 is 0. The van der Waals surface area contributed by atoms with E-state index in [4.69, 9.17) is 5.73 Å². The van der Waals surface area contributed by atoms with Crippen molar-refractivity contribution < 1.29 is 4.79 Å². The first-order valence-corrected chi connectivity index (χ1v) is 8.16. The summed E-state index contributed by atoms with van der Waals surface area (Å²) in [6.07, 6.45) is 11.7. The number of nitrogens with two attached hydrogens (primary N) is 1. The molecule has 2 fully saturated rings. The van der Waals surface area contributed by atoms with Crippen molar-refractivity contribution in [2.24, 2.45) is 17.1 Å². The van der Waals surface area contributed by atoms with Gasteiger partial charge in [-0.25, -0.2) is 0 Å². The summed E-state index contributed by atoms with van der Waals surface area (Å²) in [7, 11) is 0. The number of amides is 1. The van der Waals surface area contributed by atoms with Crippen LogP contribution in [-0.2, 0) is 4.79 Å². The van der Waals surface area contributed by atoms with E-state index >= 15 is 0 Å². The molecule has 3 nitrogen and oxygen atoms in total. The van der Waals surface area contributed by atoms with Gasteiger partial charge < -0.3 is 11.1 Å². The highest BCUT2D eigenvalue weighted by Crippen LogP contribution is 2.40. The van der Waals surface area contributed by atoms with E-state index in [1.165, 1.54) is 44.9 Å². The van der Waals surface area contributed by atoms with Gasteiger partial charge in [-0.2, -0.15) is 0 Å². The Morgan fingerprint density at radius 1 is 1.26 bits per heavy atom. The van der Waals surface area contributed by atoms with Crippen LogP contribution in [0.4, 0.5) is 0 Å². The lowest BCUT2D eigenvalue weighted by Gasteiger charge is -2.29. The van der Waals surface area contributed by atoms with Gasteiger partial charge in [0.1, 0.15) is 0 Å². The Kier molecular flexibility index (Phi) is 5.26. The predicted octanol–water partition coefficient (Wildman–Crippen LogP) is 2.98. The zero-order chi connectivity index (χ0) is 13.7. The van der Waals surface area contributed by atoms with Gasteiger partial charge in [0.15, 0.2) is 0 Å². The zero-order valence-electron chi connectivity index (χ0n) is 12.4. The summed E-state index contributed by atoms with van der Waals surface area (Å²) in [4.78, 5) is 12.1. The topological polar surface area (TPSA) is 55.1 Å². The van der Waals surface area contributed by atoms with Gasteiger partial charge in [0.05, 0.1) is 0 Å². The van der Waals surface area contributed by atoms with Crippen molar-refractivity contribution in [2.75, 3.05) is 6.54 Å². The first kappa shape index (κ1) is 14.8. The van der Waals surface area contributed by atoms with Crippen LogP contribution in [0.2, 0.25) is 0 Å². The maximum atomic E-state index is 12.1. The molecule has 2 atom stereocenters. The highest BCUT2D eigenvalue weighted by molar-refractivity contribution is 5.76. The maximum absolute atomic E-state index is 12.1. The van der Waals surface area contributed by atoms with Crippen LogP contribution >= 0.6 is 0 Å². The van der Waals surface area contributed by atoms with E-state index in [2.05, 4.69) is 12.2 Å². The van der Waals surface area contributed by atoms with E-state index in [9.17, 15) is 4.79 Å². The minimum atomic E-state index is 0.249. The number of hydrogen-bond acceptors (Lipinski definition) is 2. The maximum Gasteiger partial charge on any atom is 0.220 e. The van der Waals surface area contributed by atoms with Crippen LogP contribution in [0.1, 0.15) is 71.1 Å². The molecule has 2 unspecified atom stereocenters. The highest BCUT2D eigenvalue weighted by atomic mass is 16.1. The van der Waals surface area contributed by atoms with Crippen molar-refractivity contribution in [1.29, 1.82) is 0 Å². The lowest BCUT2D eigenvalue weighted by Crippen LogP contribution is -2.37. The molecular weight excluding hydrogens is 236 g/mol. The predicted molar refractivity (Wildman–Crippen MR) is 78.8 cm³/mol. The fourth-order valence-corrected chi connectivity index (χ4v) is 3.92. The Morgan fingerprint density at radius 3 is 2.63 bits per heavy atom. The molecule has 2 aliphatic rings. The van der Waals surface area contributed by atoms with Crippen molar-refractivity contribution in [3.8, 4) is 0 Å². The van der Waals surface area contributed by atoms with Gasteiger partial charge in [-0.1, -0.05) is 26.2 Å². The molecule has 3 N–H and O–H groups in total. The minimum absolute atomic E-state index is 0.249. The van der Waals surface area contributed by atoms with Crippen LogP contribution in [0.15, 0.2) is 0 Å². The fraction of sp³-hybridized carbons (Fsp3) is 0.938. The van der Waals surface area contributed by atoms with Crippen molar-refractivity contribution >= 4 is 5.91 Å². The minimum Gasteiger partial charge on any atom is -0.356 e. The number of hydrogen-bond donors (Lipinski definition) is 2. The van der Waals surface area contributed by atoms with E-state index in [1.807, 2.05) is 0 Å². The van der Waals surface area contributed by atoms with Gasteiger partial charge >= 0.3 is 0 Å². The monoisotopic (exact) mass is 266 g/mol. The number of carbonyl (C=O) groups excluding carboxylic acids is 1. The fourth-order valence-electron chi connectivity index (χ4n) is 3.92. The van der Waals surface area contributed by atoms with Crippen LogP contribution in [0, 0.1) is 11.3 Å². The summed E-state index contributed by atoms with van der Waals surface area (Å²) in [6.45, 7) is 3.15. The van der Waals surface area contributed by atoms with Crippen LogP contribution in [-0.4, -0.2) is 18.5 Å². The second-order valence-corrected chi connectivity index (χ2v) is 6.83. The average molecular weight is 266 g/mol. The molecule has 2 rings (SSSR count). The van der Waals surface area contributed by atoms with E-state index in [-0.39, 0.29) is 5.91 Å². The van der Waals surface area contributed by atoms with E-state index < -0.39 is 0 Å². The molecule has 19 heavy (non-hydrogen) atoms. The van der Waals surface area contributed by atoms with Crippen molar-refractivity contribution in [2.45, 2.75) is 77.2 Å². The summed E-state index contributed by atoms with van der Waals surface area (Å²) >= 11 is 0. The van der Waals surface area contributed by atoms with Gasteiger partial charge in [-0.05, 0) is 49.9 Å². The molecule has 0 spiro atoms. The Morgan fingerprint density at radius 2 is 2.00 bits per heavy atom. The Balaban J connectivity index is 1.72. The lowest BCUT2D eigenvalue weighted by molar-refractivity contribution is -0.122. The van der Waals surface area contributed by atoms with Gasteiger partial charge in [-0.15, -0.1) is 0 Å². The van der Waals surface area contributed by atoms with Crippen molar-refractivity contribution in [3.63, 3.8) is 0 Å². The molecule has 0 aromatic rings. The molecule has 0 heterocycles. The smallest absolute Gasteiger partial charge is 0.220 e. The molecule has 110 valence electrons. The van der Waals surface area contributed by atoms with Gasteiger partial charge in [-0.3, -0.25) is 4.79 Å². The quantitative estimate of drug-likeness (QED) is 0.803. The molecular formula is C16H30N2O. The summed E-state index contributed by atoms with van der Waals surface area (Å²) in [6, 6.07) is 0.323. The summed E-state index contributed by atoms with van der Waals surface area (Å²) in [5.41, 5.74) is 6.39. The van der Waals surface area contributed by atoms with Crippen molar-refractivity contribution in [3.05, 3.63) is 0 Å². The highest BCUT2D eigenvalue weighted by Gasteiger charge is 2.32. The van der Waals surface area contributed by atoms with Crippen LogP contribution in [0.3, 0.4) is 0 Å². The summed E-state index contributed by atoms with van der Waals surface area (Å²) in [5.74, 6) is 0.767. The third kappa shape index (κ3) is 4.20. The molecule has 0 radical (unpaired) electrons. The van der Waals surface area contributed by atoms with Crippen LogP contribution in [0.5, 0.6) is 0 Å². The zero-order valence-corrected chi connectivity index (χ0v) is 12.4. The molecule has 1 amide bonds. The first-order chi connectivity index (χ1) is 9.13. The molecule has 3 heteroatoms. The average Bonchev–Trinajstić information content (AvgIpc) is 2.86. The van der Waals surface area contributed by atoms with Gasteiger partial charge in [0.2, 0.25) is 5.91 Å². The molecule has 0 aromatic carbocycles. The van der Waals surface area contributed by atoms with Gasteiger partial charge in [0, 0.05) is 19.0 Å². The Hall–Kier alpha value is -0.570. The van der Waals surface area contributed by atoms with Crippen LogP contribution in [0.25, 0.3) is 0 Å². The Bertz CT molecular complexity index is 297. The van der Waals surface area contributed by atoms with E-state index in [0.717, 1.165) is 19.4 Å². The largest absolute Gasteiger partial charge is 0.356 e. The lowest BCUT2D eigenvalue weighted by atomic mass is 9.82. The van der Waals surface area contributed by atoms with Crippen LogP contribution < -0.4 is 11.1 Å². The SMILES string of the molecule is CCC1(CNC(=O)CC2CCCC(N)C2)CCCC1. The second kappa shape index (κ2) is 6.74. The third-order valence-electron chi connectivity index (χ3n) is 5.37. The summed E-state index contributed by atoms with van der Waals surface area (Å²) in [5, 5.41) is 3.20. The molecule has 0 aromatic heterocycles. The molecule has 0 aliphatic heterocycles. The number of nitrogens with one attached hydrogen (secondary N) is 1. The number of carbonyl (C=O) groups is 1. The normalized spacial score (nSPS) is 30.2. The Labute approximate surface area is 117 Å². The standard InChI is InChI=1S/C16H30N2O/c1-2-16(8-3-4-9-16)12-18-15(19)11-13-6-5-7-14(17)10-13/h13-14H,2-12,17H2,1H3,(H,18,19). The molecule has 0 bridgehead atoms. The molecule has 2 saturated carbocycles.